The van der Waals surface area contributed by atoms with E-state index in [1.807, 2.05) is 35.0 Å². The zero-order valence-corrected chi connectivity index (χ0v) is 12.6. The summed E-state index contributed by atoms with van der Waals surface area (Å²) in [5.74, 6) is -2.93. The van der Waals surface area contributed by atoms with Crippen LogP contribution in [0.25, 0.3) is 5.52 Å². The summed E-state index contributed by atoms with van der Waals surface area (Å²) in [4.78, 5) is 20.6. The van der Waals surface area contributed by atoms with Crippen molar-refractivity contribution in [3.63, 3.8) is 0 Å². The number of hydrogen-bond donors (Lipinski definition) is 2. The van der Waals surface area contributed by atoms with Gasteiger partial charge in [-0.2, -0.15) is 0 Å². The van der Waals surface area contributed by atoms with Crippen LogP contribution < -0.4 is 4.74 Å². The molecule has 2 N–H and O–H groups in total. The zero-order chi connectivity index (χ0) is 16.7. The van der Waals surface area contributed by atoms with Crippen molar-refractivity contribution in [2.24, 2.45) is 0 Å². The number of fused-ring (bicyclic) bond motifs is 1. The van der Waals surface area contributed by atoms with Gasteiger partial charge in [-0.15, -0.1) is 5.10 Å². The van der Waals surface area contributed by atoms with Crippen LogP contribution in [0.15, 0.2) is 30.5 Å². The highest BCUT2D eigenvalue weighted by Crippen LogP contribution is 2.13. The molecule has 1 fully saturated rings. The first-order chi connectivity index (χ1) is 11.1. The van der Waals surface area contributed by atoms with Gasteiger partial charge in [0.15, 0.2) is 0 Å². The summed E-state index contributed by atoms with van der Waals surface area (Å²) in [7, 11) is 0. The maximum atomic E-state index is 9.10. The Labute approximate surface area is 132 Å². The van der Waals surface area contributed by atoms with Crippen LogP contribution in [0.1, 0.15) is 12.8 Å². The van der Waals surface area contributed by atoms with E-state index in [2.05, 4.69) is 10.00 Å². The maximum Gasteiger partial charge on any atom is 0.414 e. The van der Waals surface area contributed by atoms with Crippen molar-refractivity contribution in [1.82, 2.24) is 14.5 Å². The minimum absolute atomic E-state index is 0.718. The minimum Gasteiger partial charge on any atom is -0.475 e. The summed E-state index contributed by atoms with van der Waals surface area (Å²) < 4.78 is 7.52. The molecule has 0 atom stereocenters. The normalized spacial score (nSPS) is 14.3. The van der Waals surface area contributed by atoms with Crippen molar-refractivity contribution in [3.05, 3.63) is 30.5 Å². The van der Waals surface area contributed by atoms with Gasteiger partial charge in [-0.3, -0.25) is 4.90 Å². The first-order valence-corrected chi connectivity index (χ1v) is 7.32. The second-order valence-electron chi connectivity index (χ2n) is 5.06. The molecule has 124 valence electrons. The molecule has 0 aliphatic carbocycles. The third-order valence-electron chi connectivity index (χ3n) is 3.39. The van der Waals surface area contributed by atoms with Gasteiger partial charge < -0.3 is 14.9 Å². The number of carbonyl (C=O) groups is 2. The molecule has 0 amide bonds. The Morgan fingerprint density at radius 3 is 2.48 bits per heavy atom. The lowest BCUT2D eigenvalue weighted by molar-refractivity contribution is -0.159. The maximum absolute atomic E-state index is 9.10. The third-order valence-corrected chi connectivity index (χ3v) is 3.39. The molecule has 0 spiro atoms. The SMILES string of the molecule is O=C(O)C(=O)O.c1ccn2nc(OCCN3CCCC3)cc2c1. The number of nitrogens with zero attached hydrogens (tertiary/aromatic N) is 3. The predicted octanol–water partition coefficient (Wildman–Crippen LogP) is 0.964. The van der Waals surface area contributed by atoms with Gasteiger partial charge in [0.05, 0.1) is 5.52 Å². The Balaban J connectivity index is 0.000000277. The Kier molecular flexibility index (Phi) is 5.93. The van der Waals surface area contributed by atoms with Crippen LogP contribution in [0.4, 0.5) is 0 Å². The molecule has 3 rings (SSSR count). The van der Waals surface area contributed by atoms with Crippen LogP contribution in [0.5, 0.6) is 5.88 Å². The molecule has 3 heterocycles. The molecule has 1 aliphatic heterocycles. The lowest BCUT2D eigenvalue weighted by atomic mass is 10.4. The number of ether oxygens (including phenoxy) is 1. The fourth-order valence-electron chi connectivity index (χ4n) is 2.27. The van der Waals surface area contributed by atoms with Crippen LogP contribution in [-0.4, -0.2) is 62.9 Å². The van der Waals surface area contributed by atoms with Crippen LogP contribution >= 0.6 is 0 Å². The molecule has 0 bridgehead atoms. The molecule has 0 radical (unpaired) electrons. The molecule has 1 saturated heterocycles. The fraction of sp³-hybridized carbons (Fsp3) is 0.400. The molecule has 1 aliphatic rings. The number of carboxylic acids is 2. The summed E-state index contributed by atoms with van der Waals surface area (Å²) in [5.41, 5.74) is 1.07. The van der Waals surface area contributed by atoms with Gasteiger partial charge in [0.2, 0.25) is 5.88 Å². The van der Waals surface area contributed by atoms with Gasteiger partial charge in [-0.1, -0.05) is 6.07 Å². The average Bonchev–Trinajstić information content (AvgIpc) is 3.16. The number of aromatic nitrogens is 2. The van der Waals surface area contributed by atoms with Gasteiger partial charge in [0.1, 0.15) is 6.61 Å². The lowest BCUT2D eigenvalue weighted by Crippen LogP contribution is -2.25. The highest BCUT2D eigenvalue weighted by Gasteiger charge is 2.11. The van der Waals surface area contributed by atoms with E-state index in [1.165, 1.54) is 25.9 Å². The number of pyridine rings is 1. The Bertz CT molecular complexity index is 619. The van der Waals surface area contributed by atoms with Crippen LogP contribution in [0.3, 0.4) is 0 Å². The molecule has 0 saturated carbocycles. The average molecular weight is 321 g/mol. The van der Waals surface area contributed by atoms with E-state index >= 15 is 0 Å². The van der Waals surface area contributed by atoms with E-state index in [4.69, 9.17) is 24.5 Å². The lowest BCUT2D eigenvalue weighted by Gasteiger charge is -2.13. The van der Waals surface area contributed by atoms with Crippen molar-refractivity contribution >= 4 is 17.5 Å². The molecule has 23 heavy (non-hydrogen) atoms. The van der Waals surface area contributed by atoms with Crippen molar-refractivity contribution < 1.29 is 24.5 Å². The summed E-state index contributed by atoms with van der Waals surface area (Å²) in [6.07, 6.45) is 4.59. The number of hydrogen-bond acceptors (Lipinski definition) is 5. The summed E-state index contributed by atoms with van der Waals surface area (Å²) >= 11 is 0. The predicted molar refractivity (Wildman–Crippen MR) is 81.6 cm³/mol. The summed E-state index contributed by atoms with van der Waals surface area (Å²) in [6, 6.07) is 7.98. The van der Waals surface area contributed by atoms with Gasteiger partial charge in [-0.05, 0) is 38.1 Å². The largest absolute Gasteiger partial charge is 0.475 e. The second-order valence-corrected chi connectivity index (χ2v) is 5.06. The van der Waals surface area contributed by atoms with E-state index in [9.17, 15) is 0 Å². The highest BCUT2D eigenvalue weighted by molar-refractivity contribution is 6.27. The number of likely N-dealkylation sites (tertiary alicyclic amines) is 1. The quantitative estimate of drug-likeness (QED) is 0.808. The van der Waals surface area contributed by atoms with E-state index in [0.717, 1.165) is 24.5 Å². The van der Waals surface area contributed by atoms with Crippen molar-refractivity contribution in [3.8, 4) is 5.88 Å². The number of aliphatic carboxylic acids is 2. The van der Waals surface area contributed by atoms with Gasteiger partial charge in [0, 0.05) is 18.8 Å². The molecule has 0 aromatic carbocycles. The monoisotopic (exact) mass is 321 g/mol. The molecule has 0 unspecified atom stereocenters. The van der Waals surface area contributed by atoms with Gasteiger partial charge in [-0.25, -0.2) is 14.1 Å². The third kappa shape index (κ3) is 5.26. The van der Waals surface area contributed by atoms with Crippen molar-refractivity contribution in [2.45, 2.75) is 12.8 Å². The van der Waals surface area contributed by atoms with Crippen LogP contribution in [-0.2, 0) is 9.59 Å². The standard InChI is InChI=1S/C13H17N3O.C2H2O4/c1-2-8-16-12(5-1)11-13(14-16)17-10-9-15-6-3-4-7-15;3-1(4)2(5)6/h1-2,5,8,11H,3-4,6-7,9-10H2;(H,3,4)(H,5,6). The van der Waals surface area contributed by atoms with Crippen molar-refractivity contribution in [2.75, 3.05) is 26.2 Å². The summed E-state index contributed by atoms with van der Waals surface area (Å²) in [6.45, 7) is 4.17. The second kappa shape index (κ2) is 8.14. The molecule has 2 aromatic rings. The first-order valence-electron chi connectivity index (χ1n) is 7.32. The van der Waals surface area contributed by atoms with Crippen LogP contribution in [0.2, 0.25) is 0 Å². The molecular formula is C15H19N3O5. The molecule has 2 aromatic heterocycles. The summed E-state index contributed by atoms with van der Waals surface area (Å²) in [5, 5.41) is 19.1. The number of carboxylic acid groups (broad SMARTS) is 2. The van der Waals surface area contributed by atoms with E-state index in [-0.39, 0.29) is 0 Å². The molecular weight excluding hydrogens is 302 g/mol. The van der Waals surface area contributed by atoms with Gasteiger partial charge in [0.25, 0.3) is 0 Å². The Morgan fingerprint density at radius 2 is 1.87 bits per heavy atom. The molecule has 8 heteroatoms. The van der Waals surface area contributed by atoms with Crippen molar-refractivity contribution in [1.29, 1.82) is 0 Å². The zero-order valence-electron chi connectivity index (χ0n) is 12.6. The van der Waals surface area contributed by atoms with E-state index < -0.39 is 11.9 Å². The van der Waals surface area contributed by atoms with Gasteiger partial charge >= 0.3 is 11.9 Å². The van der Waals surface area contributed by atoms with E-state index in [1.54, 1.807) is 0 Å². The first kappa shape index (κ1) is 16.8. The molecule has 8 nitrogen and oxygen atoms in total. The highest BCUT2D eigenvalue weighted by atomic mass is 16.5. The smallest absolute Gasteiger partial charge is 0.414 e. The Morgan fingerprint density at radius 1 is 1.17 bits per heavy atom. The van der Waals surface area contributed by atoms with Crippen LogP contribution in [0, 0.1) is 0 Å². The Hall–Kier alpha value is -2.61. The topological polar surface area (TPSA) is 104 Å². The fourth-order valence-corrected chi connectivity index (χ4v) is 2.27. The number of rotatable bonds is 4. The van der Waals surface area contributed by atoms with E-state index in [0.29, 0.717) is 0 Å². The minimum atomic E-state index is -1.82.